The topological polar surface area (TPSA) is 89.5 Å². The number of hydrogen-bond donors (Lipinski definition) is 0. The highest BCUT2D eigenvalue weighted by atomic mass is 17.3. The maximum Gasteiger partial charge on any atom is 0.373 e. The van der Waals surface area contributed by atoms with Crippen molar-refractivity contribution in [1.82, 2.24) is 0 Å². The summed E-state index contributed by atoms with van der Waals surface area (Å²) < 4.78 is 10.8. The molecule has 0 N–H and O–H groups in total. The molecule has 0 radical (unpaired) electrons. The predicted molar refractivity (Wildman–Crippen MR) is 144 cm³/mol. The van der Waals surface area contributed by atoms with Crippen molar-refractivity contribution in [3.8, 4) is 11.5 Å². The first-order valence-electron chi connectivity index (χ1n) is 13.8. The Bertz CT molecular complexity index is 845. The van der Waals surface area contributed by atoms with Crippen LogP contribution in [0, 0.1) is 0 Å². The lowest BCUT2D eigenvalue weighted by atomic mass is 10.1. The quantitative estimate of drug-likeness (QED) is 0.0748. The third kappa shape index (κ3) is 12.4. The smallest absolute Gasteiger partial charge is 0.373 e. The van der Waals surface area contributed by atoms with Crippen LogP contribution in [0.15, 0.2) is 48.5 Å². The van der Waals surface area contributed by atoms with Gasteiger partial charge in [0.2, 0.25) is 6.29 Å². The van der Waals surface area contributed by atoms with Crippen molar-refractivity contribution in [2.45, 2.75) is 91.3 Å². The zero-order chi connectivity index (χ0) is 27.4. The second-order valence-electron chi connectivity index (χ2n) is 8.90. The van der Waals surface area contributed by atoms with Crippen LogP contribution in [0.1, 0.15) is 106 Å². The SMILES string of the molecule is CCCCCCCCCCCC(OOC(=O)c1ccc(OCC)cc1)OOC(=O)c1ccc(OCC)cc1. The highest BCUT2D eigenvalue weighted by molar-refractivity contribution is 5.89. The number of carbonyl (C=O) groups is 2. The lowest BCUT2D eigenvalue weighted by Gasteiger charge is -2.15. The summed E-state index contributed by atoms with van der Waals surface area (Å²) in [6.45, 7) is 7.03. The third-order valence-corrected chi connectivity index (χ3v) is 5.81. The largest absolute Gasteiger partial charge is 0.494 e. The van der Waals surface area contributed by atoms with Gasteiger partial charge < -0.3 is 9.47 Å². The molecule has 0 atom stereocenters. The summed E-state index contributed by atoms with van der Waals surface area (Å²) >= 11 is 0. The minimum Gasteiger partial charge on any atom is -0.494 e. The van der Waals surface area contributed by atoms with E-state index in [0.29, 0.717) is 42.3 Å². The normalized spacial score (nSPS) is 10.8. The fourth-order valence-electron chi connectivity index (χ4n) is 3.73. The van der Waals surface area contributed by atoms with Gasteiger partial charge in [-0.1, -0.05) is 58.3 Å². The Morgan fingerprint density at radius 2 is 0.974 bits per heavy atom. The molecular weight excluding hydrogens is 488 g/mol. The highest BCUT2D eigenvalue weighted by Gasteiger charge is 2.19. The standard InChI is InChI=1S/C30H42O8/c1-4-7-8-9-10-11-12-13-14-15-28(35-37-29(31)24-16-20-26(21-17-24)33-5-2)36-38-30(32)25-18-22-27(23-19-25)34-6-3/h16-23,28H,4-15H2,1-3H3. The molecule has 0 amide bonds. The fourth-order valence-corrected chi connectivity index (χ4v) is 3.73. The van der Waals surface area contributed by atoms with Gasteiger partial charge in [-0.2, -0.15) is 0 Å². The van der Waals surface area contributed by atoms with E-state index in [0.717, 1.165) is 19.3 Å². The van der Waals surface area contributed by atoms with Crippen LogP contribution in [0.4, 0.5) is 0 Å². The van der Waals surface area contributed by atoms with Crippen LogP contribution in [-0.2, 0) is 19.6 Å². The van der Waals surface area contributed by atoms with Crippen LogP contribution in [0.2, 0.25) is 0 Å². The predicted octanol–water partition coefficient (Wildman–Crippen LogP) is 7.61. The fraction of sp³-hybridized carbons (Fsp3) is 0.533. The molecule has 2 rings (SSSR count). The van der Waals surface area contributed by atoms with Crippen molar-refractivity contribution >= 4 is 11.9 Å². The molecule has 0 saturated heterocycles. The molecular formula is C30H42O8. The van der Waals surface area contributed by atoms with E-state index in [2.05, 4.69) is 6.92 Å². The van der Waals surface area contributed by atoms with Gasteiger partial charge in [-0.15, -0.1) is 9.78 Å². The number of unbranched alkanes of at least 4 members (excludes halogenated alkanes) is 8. The summed E-state index contributed by atoms with van der Waals surface area (Å²) in [4.78, 5) is 45.3. The molecule has 2 aromatic carbocycles. The molecule has 0 spiro atoms. The lowest BCUT2D eigenvalue weighted by molar-refractivity contribution is -0.421. The Kier molecular flexibility index (Phi) is 15.6. The van der Waals surface area contributed by atoms with Crippen LogP contribution in [0.25, 0.3) is 0 Å². The first-order valence-corrected chi connectivity index (χ1v) is 13.8. The van der Waals surface area contributed by atoms with Crippen molar-refractivity contribution in [3.05, 3.63) is 59.7 Å². The van der Waals surface area contributed by atoms with Gasteiger partial charge in [0.25, 0.3) is 0 Å². The Hall–Kier alpha value is -3.10. The maximum atomic E-state index is 12.4. The van der Waals surface area contributed by atoms with E-state index in [1.807, 2.05) is 13.8 Å². The van der Waals surface area contributed by atoms with Gasteiger partial charge in [-0.25, -0.2) is 9.59 Å². The summed E-state index contributed by atoms with van der Waals surface area (Å²) in [7, 11) is 0. The molecule has 0 heterocycles. The minimum absolute atomic E-state index is 0.293. The van der Waals surface area contributed by atoms with Gasteiger partial charge in [0.1, 0.15) is 11.5 Å². The Morgan fingerprint density at radius 1 is 0.579 bits per heavy atom. The molecule has 8 nitrogen and oxygen atoms in total. The Labute approximate surface area is 226 Å². The second-order valence-corrected chi connectivity index (χ2v) is 8.90. The van der Waals surface area contributed by atoms with Crippen LogP contribution in [-0.4, -0.2) is 31.4 Å². The van der Waals surface area contributed by atoms with E-state index in [1.54, 1.807) is 48.5 Å². The van der Waals surface area contributed by atoms with Gasteiger partial charge in [0.05, 0.1) is 24.3 Å². The Balaban J connectivity index is 1.84. The minimum atomic E-state index is -1.06. The molecule has 38 heavy (non-hydrogen) atoms. The van der Waals surface area contributed by atoms with Crippen molar-refractivity contribution in [2.24, 2.45) is 0 Å². The summed E-state index contributed by atoms with van der Waals surface area (Å²) in [5.41, 5.74) is 0.586. The van der Waals surface area contributed by atoms with Crippen LogP contribution >= 0.6 is 0 Å². The summed E-state index contributed by atoms with van der Waals surface area (Å²) in [5, 5.41) is 0. The van der Waals surface area contributed by atoms with E-state index < -0.39 is 18.2 Å². The molecule has 0 saturated carbocycles. The first kappa shape index (κ1) is 31.1. The first-order chi connectivity index (χ1) is 18.6. The van der Waals surface area contributed by atoms with E-state index in [1.165, 1.54) is 38.5 Å². The van der Waals surface area contributed by atoms with Gasteiger partial charge in [0.15, 0.2) is 0 Å². The number of ether oxygens (including phenoxy) is 2. The highest BCUT2D eigenvalue weighted by Crippen LogP contribution is 2.18. The zero-order valence-corrected chi connectivity index (χ0v) is 22.9. The molecule has 2 aromatic rings. The van der Waals surface area contributed by atoms with Crippen LogP contribution in [0.5, 0.6) is 11.5 Å². The third-order valence-electron chi connectivity index (χ3n) is 5.81. The molecule has 8 heteroatoms. The molecule has 0 unspecified atom stereocenters. The van der Waals surface area contributed by atoms with Crippen LogP contribution in [0.3, 0.4) is 0 Å². The van der Waals surface area contributed by atoms with Crippen molar-refractivity contribution in [2.75, 3.05) is 13.2 Å². The summed E-state index contributed by atoms with van der Waals surface area (Å²) in [5.74, 6) is -0.0754. The number of benzene rings is 2. The van der Waals surface area contributed by atoms with Gasteiger partial charge in [-0.05, 0) is 68.8 Å². The van der Waals surface area contributed by atoms with Crippen molar-refractivity contribution in [3.63, 3.8) is 0 Å². The molecule has 0 aromatic heterocycles. The van der Waals surface area contributed by atoms with Crippen molar-refractivity contribution < 1.29 is 38.6 Å². The second kappa shape index (κ2) is 19.0. The molecule has 0 fully saturated rings. The van der Waals surface area contributed by atoms with E-state index in [4.69, 9.17) is 29.0 Å². The summed E-state index contributed by atoms with van der Waals surface area (Å²) in [6, 6.07) is 13.0. The van der Waals surface area contributed by atoms with Gasteiger partial charge >= 0.3 is 11.9 Å². The van der Waals surface area contributed by atoms with E-state index >= 15 is 0 Å². The number of rotatable bonds is 20. The average Bonchev–Trinajstić information content (AvgIpc) is 2.94. The molecule has 0 bridgehead atoms. The molecule has 0 aliphatic heterocycles. The number of carbonyl (C=O) groups excluding carboxylic acids is 2. The summed E-state index contributed by atoms with van der Waals surface area (Å²) in [6.07, 6.45) is 9.67. The zero-order valence-electron chi connectivity index (χ0n) is 22.9. The Morgan fingerprint density at radius 3 is 1.37 bits per heavy atom. The van der Waals surface area contributed by atoms with Crippen molar-refractivity contribution in [1.29, 1.82) is 0 Å². The van der Waals surface area contributed by atoms with Gasteiger partial charge in [0, 0.05) is 6.42 Å². The van der Waals surface area contributed by atoms with E-state index in [9.17, 15) is 9.59 Å². The molecule has 0 aliphatic rings. The average molecular weight is 531 g/mol. The maximum absolute atomic E-state index is 12.4. The lowest BCUT2D eigenvalue weighted by Crippen LogP contribution is -2.22. The van der Waals surface area contributed by atoms with Gasteiger partial charge in [-0.3, -0.25) is 9.78 Å². The molecule has 210 valence electrons. The molecule has 0 aliphatic carbocycles. The monoisotopic (exact) mass is 530 g/mol. The van der Waals surface area contributed by atoms with Crippen LogP contribution < -0.4 is 9.47 Å². The van der Waals surface area contributed by atoms with E-state index in [-0.39, 0.29) is 0 Å². The number of hydrogen-bond acceptors (Lipinski definition) is 8.